The molecule has 0 fully saturated rings. The molecule has 0 bridgehead atoms. The van der Waals surface area contributed by atoms with Crippen LogP contribution in [0.4, 0.5) is 5.69 Å². The third-order valence-corrected chi connectivity index (χ3v) is 5.01. The van der Waals surface area contributed by atoms with Gasteiger partial charge in [-0.3, -0.25) is 4.79 Å². The Labute approximate surface area is 181 Å². The molecule has 144 valence electrons. The van der Waals surface area contributed by atoms with Crippen molar-refractivity contribution in [3.63, 3.8) is 0 Å². The summed E-state index contributed by atoms with van der Waals surface area (Å²) in [6.07, 6.45) is 4.50. The van der Waals surface area contributed by atoms with Crippen molar-refractivity contribution in [1.82, 2.24) is 20.0 Å². The highest BCUT2D eigenvalue weighted by Crippen LogP contribution is 2.31. The van der Waals surface area contributed by atoms with Crippen LogP contribution in [0, 0.1) is 0 Å². The maximum Gasteiger partial charge on any atom is 0.257 e. The second-order valence-corrected chi connectivity index (χ2v) is 7.20. The predicted molar refractivity (Wildman–Crippen MR) is 114 cm³/mol. The molecular formula is C20H12Cl3N5O. The van der Waals surface area contributed by atoms with Gasteiger partial charge in [-0.1, -0.05) is 59.1 Å². The van der Waals surface area contributed by atoms with Gasteiger partial charge in [-0.05, 0) is 29.8 Å². The molecule has 2 aromatic carbocycles. The molecule has 4 rings (SSSR count). The highest BCUT2D eigenvalue weighted by molar-refractivity contribution is 6.35. The maximum atomic E-state index is 12.7. The van der Waals surface area contributed by atoms with Gasteiger partial charge in [0.25, 0.3) is 5.91 Å². The standard InChI is InChI=1S/C20H12Cl3N5O/c21-16-4-2-1-3-14(16)12-5-6-15(17(22)9-12)20(29)27-13-10-18(23)19(24-11-13)28-25-7-8-26-28/h1-11H,(H,27,29). The van der Waals surface area contributed by atoms with Gasteiger partial charge in [-0.15, -0.1) is 4.80 Å². The molecule has 0 aliphatic carbocycles. The van der Waals surface area contributed by atoms with Crippen molar-refractivity contribution in [2.24, 2.45) is 0 Å². The Morgan fingerprint density at radius 2 is 1.66 bits per heavy atom. The van der Waals surface area contributed by atoms with Crippen LogP contribution in [0.1, 0.15) is 10.4 Å². The van der Waals surface area contributed by atoms with Crippen LogP contribution >= 0.6 is 34.8 Å². The number of nitrogens with one attached hydrogen (secondary N) is 1. The van der Waals surface area contributed by atoms with Crippen molar-refractivity contribution in [3.8, 4) is 16.9 Å². The summed E-state index contributed by atoms with van der Waals surface area (Å²) in [5.74, 6) is -0.0275. The summed E-state index contributed by atoms with van der Waals surface area (Å²) in [5.41, 5.74) is 2.39. The van der Waals surface area contributed by atoms with E-state index in [2.05, 4.69) is 20.5 Å². The molecule has 2 heterocycles. The normalized spacial score (nSPS) is 10.7. The summed E-state index contributed by atoms with van der Waals surface area (Å²) in [6, 6.07) is 14.1. The lowest BCUT2D eigenvalue weighted by molar-refractivity contribution is 0.102. The van der Waals surface area contributed by atoms with Crippen LogP contribution in [0.25, 0.3) is 16.9 Å². The fraction of sp³-hybridized carbons (Fsp3) is 0. The van der Waals surface area contributed by atoms with Gasteiger partial charge < -0.3 is 5.32 Å². The number of benzene rings is 2. The summed E-state index contributed by atoms with van der Waals surface area (Å²) in [4.78, 5) is 18.1. The lowest BCUT2D eigenvalue weighted by Crippen LogP contribution is -2.13. The largest absolute Gasteiger partial charge is 0.320 e. The fourth-order valence-corrected chi connectivity index (χ4v) is 3.49. The zero-order valence-corrected chi connectivity index (χ0v) is 16.9. The minimum Gasteiger partial charge on any atom is -0.320 e. The Kier molecular flexibility index (Phi) is 5.49. The molecule has 6 nitrogen and oxygen atoms in total. The number of amides is 1. The van der Waals surface area contributed by atoms with Crippen LogP contribution in [-0.4, -0.2) is 25.9 Å². The van der Waals surface area contributed by atoms with Gasteiger partial charge in [0.05, 0.1) is 39.9 Å². The van der Waals surface area contributed by atoms with E-state index in [1.54, 1.807) is 30.3 Å². The minimum atomic E-state index is -0.386. The van der Waals surface area contributed by atoms with Gasteiger partial charge >= 0.3 is 0 Å². The lowest BCUT2D eigenvalue weighted by atomic mass is 10.0. The maximum absolute atomic E-state index is 12.7. The summed E-state index contributed by atoms with van der Waals surface area (Å²) < 4.78 is 0. The van der Waals surface area contributed by atoms with Crippen LogP contribution in [0.3, 0.4) is 0 Å². The summed E-state index contributed by atoms with van der Waals surface area (Å²) in [7, 11) is 0. The smallest absolute Gasteiger partial charge is 0.257 e. The van der Waals surface area contributed by atoms with E-state index in [4.69, 9.17) is 34.8 Å². The van der Waals surface area contributed by atoms with E-state index in [-0.39, 0.29) is 5.91 Å². The molecule has 29 heavy (non-hydrogen) atoms. The van der Waals surface area contributed by atoms with Gasteiger partial charge in [0, 0.05) is 10.6 Å². The van der Waals surface area contributed by atoms with Crippen LogP contribution in [0.5, 0.6) is 0 Å². The van der Waals surface area contributed by atoms with Crippen molar-refractivity contribution < 1.29 is 4.79 Å². The Balaban J connectivity index is 1.56. The van der Waals surface area contributed by atoms with Crippen molar-refractivity contribution in [3.05, 3.63) is 87.8 Å². The second-order valence-electron chi connectivity index (χ2n) is 5.98. The van der Waals surface area contributed by atoms with Crippen LogP contribution in [0.15, 0.2) is 67.1 Å². The number of hydrogen-bond donors (Lipinski definition) is 1. The molecule has 1 N–H and O–H groups in total. The number of halogens is 3. The minimum absolute atomic E-state index is 0.291. The van der Waals surface area contributed by atoms with Gasteiger partial charge in [-0.2, -0.15) is 10.2 Å². The first-order chi connectivity index (χ1) is 14.0. The topological polar surface area (TPSA) is 72.7 Å². The van der Waals surface area contributed by atoms with Crippen molar-refractivity contribution >= 4 is 46.4 Å². The van der Waals surface area contributed by atoms with Crippen LogP contribution in [-0.2, 0) is 0 Å². The summed E-state index contributed by atoms with van der Waals surface area (Å²) in [5, 5.41) is 11.9. The van der Waals surface area contributed by atoms with Crippen LogP contribution < -0.4 is 5.32 Å². The highest BCUT2D eigenvalue weighted by atomic mass is 35.5. The highest BCUT2D eigenvalue weighted by Gasteiger charge is 2.14. The molecule has 4 aromatic rings. The third-order valence-electron chi connectivity index (χ3n) is 4.09. The van der Waals surface area contributed by atoms with Gasteiger partial charge in [0.2, 0.25) is 0 Å². The number of anilines is 1. The molecule has 0 saturated carbocycles. The Hall–Kier alpha value is -2.93. The summed E-state index contributed by atoms with van der Waals surface area (Å²) >= 11 is 18.8. The third kappa shape index (κ3) is 4.10. The van der Waals surface area contributed by atoms with Gasteiger partial charge in [0.1, 0.15) is 0 Å². The molecule has 0 atom stereocenters. The first-order valence-electron chi connectivity index (χ1n) is 8.41. The number of carbonyl (C=O) groups is 1. The Morgan fingerprint density at radius 3 is 2.34 bits per heavy atom. The van der Waals surface area contributed by atoms with Gasteiger partial charge in [0.15, 0.2) is 5.82 Å². The fourth-order valence-electron chi connectivity index (χ4n) is 2.73. The predicted octanol–water partition coefficient (Wildman–Crippen LogP) is 5.54. The van der Waals surface area contributed by atoms with Crippen molar-refractivity contribution in [2.75, 3.05) is 5.32 Å². The number of pyridine rings is 1. The molecule has 2 aromatic heterocycles. The van der Waals surface area contributed by atoms with Gasteiger partial charge in [-0.25, -0.2) is 4.98 Å². The van der Waals surface area contributed by atoms with Crippen molar-refractivity contribution in [1.29, 1.82) is 0 Å². The molecule has 0 radical (unpaired) electrons. The first kappa shape index (κ1) is 19.4. The first-order valence-corrected chi connectivity index (χ1v) is 9.54. The van der Waals surface area contributed by atoms with E-state index < -0.39 is 0 Å². The average molecular weight is 445 g/mol. The number of carbonyl (C=O) groups excluding carboxylic acids is 1. The zero-order valence-electron chi connectivity index (χ0n) is 14.7. The van der Waals surface area contributed by atoms with Crippen LogP contribution in [0.2, 0.25) is 15.1 Å². The zero-order chi connectivity index (χ0) is 20.4. The van der Waals surface area contributed by atoms with E-state index in [9.17, 15) is 4.79 Å². The van der Waals surface area contributed by atoms with E-state index in [1.165, 1.54) is 23.4 Å². The molecule has 0 saturated heterocycles. The molecule has 0 aliphatic heterocycles. The number of nitrogens with zero attached hydrogens (tertiary/aromatic N) is 4. The quantitative estimate of drug-likeness (QED) is 0.448. The average Bonchev–Trinajstić information content (AvgIpc) is 3.23. The monoisotopic (exact) mass is 443 g/mol. The van der Waals surface area contributed by atoms with Crippen molar-refractivity contribution in [2.45, 2.75) is 0 Å². The van der Waals surface area contributed by atoms with E-state index in [0.717, 1.165) is 11.1 Å². The molecule has 9 heteroatoms. The van der Waals surface area contributed by atoms with E-state index >= 15 is 0 Å². The second kappa shape index (κ2) is 8.21. The summed E-state index contributed by atoms with van der Waals surface area (Å²) in [6.45, 7) is 0. The van der Waals surface area contributed by atoms with E-state index in [0.29, 0.717) is 32.1 Å². The number of aromatic nitrogens is 4. The lowest BCUT2D eigenvalue weighted by Gasteiger charge is -2.10. The Bertz CT molecular complexity index is 1190. The molecule has 0 unspecified atom stereocenters. The van der Waals surface area contributed by atoms with E-state index in [1.807, 2.05) is 18.2 Å². The Morgan fingerprint density at radius 1 is 0.897 bits per heavy atom. The number of rotatable bonds is 4. The molecule has 0 spiro atoms. The molecule has 1 amide bonds. The molecular weight excluding hydrogens is 433 g/mol. The molecule has 0 aliphatic rings. The number of hydrogen-bond acceptors (Lipinski definition) is 4. The SMILES string of the molecule is O=C(Nc1cnc(-n2nccn2)c(Cl)c1)c1ccc(-c2ccccc2Cl)cc1Cl.